The number of hydrogen-bond acceptors (Lipinski definition) is 6. The van der Waals surface area contributed by atoms with E-state index in [-0.39, 0.29) is 12.8 Å². The largest absolute Gasteiger partial charge is 0.459 e. The molecule has 0 spiro atoms. The molecule has 2 aromatic rings. The summed E-state index contributed by atoms with van der Waals surface area (Å²) in [6.07, 6.45) is -0.177. The zero-order valence-corrected chi connectivity index (χ0v) is 15.9. The van der Waals surface area contributed by atoms with Crippen molar-refractivity contribution in [2.24, 2.45) is 5.73 Å². The van der Waals surface area contributed by atoms with E-state index in [1.165, 1.54) is 0 Å². The Bertz CT molecular complexity index is 833. The van der Waals surface area contributed by atoms with E-state index in [1.807, 2.05) is 42.5 Å². The lowest BCUT2D eigenvalue weighted by molar-refractivity contribution is -0.157. The Morgan fingerprint density at radius 1 is 1.04 bits per heavy atom. The molecule has 0 aliphatic rings. The van der Waals surface area contributed by atoms with Crippen molar-refractivity contribution in [3.8, 4) is 0 Å². The van der Waals surface area contributed by atoms with E-state index < -0.39 is 36.0 Å². The van der Waals surface area contributed by atoms with E-state index in [2.05, 4.69) is 0 Å². The van der Waals surface area contributed by atoms with Crippen LogP contribution in [0.2, 0.25) is 0 Å². The molecule has 6 nitrogen and oxygen atoms in total. The molecule has 2 rings (SSSR count). The van der Waals surface area contributed by atoms with Crippen molar-refractivity contribution < 1.29 is 23.9 Å². The van der Waals surface area contributed by atoms with Gasteiger partial charge in [0.25, 0.3) is 0 Å². The van der Waals surface area contributed by atoms with Gasteiger partial charge in [-0.15, -0.1) is 0 Å². The van der Waals surface area contributed by atoms with Gasteiger partial charge in [-0.25, -0.2) is 0 Å². The van der Waals surface area contributed by atoms with Gasteiger partial charge >= 0.3 is 11.9 Å². The third kappa shape index (κ3) is 6.49. The Labute approximate surface area is 158 Å². The highest BCUT2D eigenvalue weighted by molar-refractivity contribution is 5.90. The average Bonchev–Trinajstić information content (AvgIpc) is 2.59. The maximum atomic E-state index is 12.1. The second kappa shape index (κ2) is 8.77. The van der Waals surface area contributed by atoms with Crippen molar-refractivity contribution >= 4 is 28.5 Å². The summed E-state index contributed by atoms with van der Waals surface area (Å²) in [5.41, 5.74) is 5.83. The minimum absolute atomic E-state index is 0.0623. The molecule has 0 saturated carbocycles. The minimum Gasteiger partial charge on any atom is -0.459 e. The average molecular weight is 371 g/mol. The number of fused-ring (bicyclic) bond motifs is 1. The fourth-order valence-corrected chi connectivity index (χ4v) is 2.58. The van der Waals surface area contributed by atoms with E-state index in [0.717, 1.165) is 16.3 Å². The molecule has 0 fully saturated rings. The molecular weight excluding hydrogens is 346 g/mol. The highest BCUT2D eigenvalue weighted by Gasteiger charge is 2.24. The summed E-state index contributed by atoms with van der Waals surface area (Å²) in [6, 6.07) is 12.3. The van der Waals surface area contributed by atoms with Gasteiger partial charge in [-0.3, -0.25) is 14.4 Å². The number of rotatable bonds is 7. The summed E-state index contributed by atoms with van der Waals surface area (Å²) in [5.74, 6) is -1.59. The van der Waals surface area contributed by atoms with Crippen molar-refractivity contribution in [3.05, 3.63) is 48.0 Å². The van der Waals surface area contributed by atoms with Crippen LogP contribution in [0.25, 0.3) is 10.8 Å². The summed E-state index contributed by atoms with van der Waals surface area (Å²) in [5, 5.41) is 2.00. The van der Waals surface area contributed by atoms with Crippen molar-refractivity contribution in [2.75, 3.05) is 6.61 Å². The second-order valence-electron chi connectivity index (χ2n) is 7.36. The van der Waals surface area contributed by atoms with Gasteiger partial charge in [0.1, 0.15) is 18.2 Å². The summed E-state index contributed by atoms with van der Waals surface area (Å²) < 4.78 is 10.2. The first-order valence-corrected chi connectivity index (χ1v) is 8.78. The quantitative estimate of drug-likeness (QED) is 0.752. The van der Waals surface area contributed by atoms with Gasteiger partial charge in [-0.05, 0) is 37.1 Å². The predicted molar refractivity (Wildman–Crippen MR) is 102 cm³/mol. The number of ketones is 1. The molecule has 2 aromatic carbocycles. The molecule has 0 bridgehead atoms. The Morgan fingerprint density at radius 3 is 2.41 bits per heavy atom. The van der Waals surface area contributed by atoms with Crippen LogP contribution >= 0.6 is 0 Å². The predicted octanol–water partition coefficient (Wildman–Crippen LogP) is 2.55. The van der Waals surface area contributed by atoms with Gasteiger partial charge in [-0.2, -0.15) is 0 Å². The molecule has 0 saturated heterocycles. The van der Waals surface area contributed by atoms with Gasteiger partial charge in [-0.1, -0.05) is 42.5 Å². The smallest absolute Gasteiger partial charge is 0.323 e. The Balaban J connectivity index is 1.84. The number of nitrogens with two attached hydrogens (primary N) is 1. The monoisotopic (exact) mass is 371 g/mol. The highest BCUT2D eigenvalue weighted by Crippen LogP contribution is 2.19. The minimum atomic E-state index is -1.08. The van der Waals surface area contributed by atoms with Crippen molar-refractivity contribution in [1.82, 2.24) is 0 Å². The Hall–Kier alpha value is -2.73. The molecule has 0 heterocycles. The van der Waals surface area contributed by atoms with Crippen LogP contribution < -0.4 is 5.73 Å². The van der Waals surface area contributed by atoms with Crippen LogP contribution in [0.4, 0.5) is 0 Å². The molecular formula is C21H25NO5. The molecule has 0 aliphatic heterocycles. The summed E-state index contributed by atoms with van der Waals surface area (Å²) >= 11 is 0. The fourth-order valence-electron chi connectivity index (χ4n) is 2.58. The highest BCUT2D eigenvalue weighted by atomic mass is 16.6. The van der Waals surface area contributed by atoms with Crippen LogP contribution in [0.1, 0.15) is 32.8 Å². The molecule has 0 aromatic heterocycles. The summed E-state index contributed by atoms with van der Waals surface area (Å²) in [6.45, 7) is 4.73. The number of ether oxygens (including phenoxy) is 2. The van der Waals surface area contributed by atoms with Crippen LogP contribution in [0.3, 0.4) is 0 Å². The molecule has 27 heavy (non-hydrogen) atoms. The Kier molecular flexibility index (Phi) is 6.69. The number of esters is 2. The van der Waals surface area contributed by atoms with E-state index in [0.29, 0.717) is 0 Å². The van der Waals surface area contributed by atoms with Crippen LogP contribution in [0.5, 0.6) is 0 Å². The number of benzene rings is 2. The fraction of sp³-hybridized carbons (Fsp3) is 0.381. The standard InChI is InChI=1S/C21H25NO5/c1-21(2,3)27-20(25)18(22)12-16(23)13-26-19(24)11-15-9-6-8-14-7-4-5-10-17(14)15/h4-10,18H,11-13,22H2,1-3H3. The van der Waals surface area contributed by atoms with Crippen LogP contribution in [0, 0.1) is 0 Å². The van der Waals surface area contributed by atoms with Gasteiger partial charge in [0.2, 0.25) is 0 Å². The lowest BCUT2D eigenvalue weighted by atomic mass is 10.0. The van der Waals surface area contributed by atoms with E-state index in [4.69, 9.17) is 15.2 Å². The van der Waals surface area contributed by atoms with Gasteiger partial charge in [0.05, 0.1) is 6.42 Å². The summed E-state index contributed by atoms with van der Waals surface area (Å²) in [7, 11) is 0. The van der Waals surface area contributed by atoms with E-state index >= 15 is 0 Å². The first kappa shape index (κ1) is 20.6. The van der Waals surface area contributed by atoms with E-state index in [1.54, 1.807) is 20.8 Å². The van der Waals surface area contributed by atoms with Crippen molar-refractivity contribution in [2.45, 2.75) is 45.3 Å². The van der Waals surface area contributed by atoms with Crippen molar-refractivity contribution in [1.29, 1.82) is 0 Å². The molecule has 0 amide bonds. The van der Waals surface area contributed by atoms with Gasteiger partial charge in [0.15, 0.2) is 5.78 Å². The maximum Gasteiger partial charge on any atom is 0.323 e. The first-order chi connectivity index (χ1) is 12.7. The molecule has 0 aliphatic carbocycles. The number of carbonyl (C=O) groups is 3. The topological polar surface area (TPSA) is 95.7 Å². The number of carbonyl (C=O) groups excluding carboxylic acids is 3. The molecule has 144 valence electrons. The lowest BCUT2D eigenvalue weighted by Crippen LogP contribution is -2.39. The Morgan fingerprint density at radius 2 is 1.70 bits per heavy atom. The van der Waals surface area contributed by atoms with Gasteiger partial charge in [0, 0.05) is 6.42 Å². The number of Topliss-reactive ketones (excluding diaryl/α,β-unsaturated/α-hetero) is 1. The van der Waals surface area contributed by atoms with Crippen LogP contribution in [0.15, 0.2) is 42.5 Å². The lowest BCUT2D eigenvalue weighted by Gasteiger charge is -2.21. The molecule has 1 unspecified atom stereocenters. The van der Waals surface area contributed by atoms with Gasteiger partial charge < -0.3 is 15.2 Å². The van der Waals surface area contributed by atoms with Crippen LogP contribution in [-0.2, 0) is 30.3 Å². The summed E-state index contributed by atoms with van der Waals surface area (Å²) in [4.78, 5) is 35.8. The number of hydrogen-bond donors (Lipinski definition) is 1. The maximum absolute atomic E-state index is 12.1. The zero-order chi connectivity index (χ0) is 20.0. The van der Waals surface area contributed by atoms with Crippen LogP contribution in [-0.4, -0.2) is 36.0 Å². The first-order valence-electron chi connectivity index (χ1n) is 8.78. The SMILES string of the molecule is CC(C)(C)OC(=O)C(N)CC(=O)COC(=O)Cc1cccc2ccccc12. The third-order valence-electron chi connectivity index (χ3n) is 3.77. The molecule has 1 atom stereocenters. The third-order valence-corrected chi connectivity index (χ3v) is 3.77. The second-order valence-corrected chi connectivity index (χ2v) is 7.36. The van der Waals surface area contributed by atoms with E-state index in [9.17, 15) is 14.4 Å². The molecule has 2 N–H and O–H groups in total. The van der Waals surface area contributed by atoms with Crippen molar-refractivity contribution in [3.63, 3.8) is 0 Å². The zero-order valence-electron chi connectivity index (χ0n) is 15.9. The normalized spacial score (nSPS) is 12.4. The molecule has 6 heteroatoms. The molecule has 0 radical (unpaired) electrons.